The van der Waals surface area contributed by atoms with Crippen molar-refractivity contribution in [2.45, 2.75) is 0 Å². The van der Waals surface area contributed by atoms with E-state index in [0.29, 0.717) is 5.75 Å². The van der Waals surface area contributed by atoms with Crippen molar-refractivity contribution in [2.75, 3.05) is 0 Å². The molecule has 2 rings (SSSR count). The smallest absolute Gasteiger partial charge is 0.336 e. The molecule has 0 aliphatic rings. The molecule has 0 atom stereocenters. The van der Waals surface area contributed by atoms with Crippen molar-refractivity contribution in [1.82, 2.24) is 0 Å². The molecule has 2 aromatic carbocycles. The number of carboxylic acids is 1. The van der Waals surface area contributed by atoms with E-state index in [0.717, 1.165) is 5.56 Å². The standard InChI is InChI=1S/C16H12O4/c17-15(20-14-4-2-1-3-5-14)11-8-12-6-9-13(10-7-12)16(18)19/h1-11H,(H,18,19). The van der Waals surface area contributed by atoms with Gasteiger partial charge in [-0.3, -0.25) is 0 Å². The second kappa shape index (κ2) is 6.33. The van der Waals surface area contributed by atoms with Crippen LogP contribution in [0.1, 0.15) is 15.9 Å². The Morgan fingerprint density at radius 3 is 2.20 bits per heavy atom. The van der Waals surface area contributed by atoms with E-state index in [1.54, 1.807) is 42.5 Å². The minimum absolute atomic E-state index is 0.203. The minimum Gasteiger partial charge on any atom is -0.478 e. The maximum atomic E-state index is 11.6. The lowest BCUT2D eigenvalue weighted by molar-refractivity contribution is -0.128. The number of carbonyl (C=O) groups is 2. The number of hydrogen-bond donors (Lipinski definition) is 1. The van der Waals surface area contributed by atoms with E-state index in [9.17, 15) is 9.59 Å². The summed E-state index contributed by atoms with van der Waals surface area (Å²) >= 11 is 0. The summed E-state index contributed by atoms with van der Waals surface area (Å²) in [6.45, 7) is 0. The van der Waals surface area contributed by atoms with E-state index in [1.807, 2.05) is 6.07 Å². The maximum absolute atomic E-state index is 11.6. The average Bonchev–Trinajstić information content (AvgIpc) is 2.46. The Labute approximate surface area is 115 Å². The van der Waals surface area contributed by atoms with Gasteiger partial charge in [-0.2, -0.15) is 0 Å². The van der Waals surface area contributed by atoms with Gasteiger partial charge >= 0.3 is 11.9 Å². The molecule has 4 nitrogen and oxygen atoms in total. The average molecular weight is 268 g/mol. The Hall–Kier alpha value is -2.88. The molecule has 0 saturated carbocycles. The van der Waals surface area contributed by atoms with Crippen molar-refractivity contribution in [3.05, 3.63) is 71.8 Å². The number of aromatic carboxylic acids is 1. The summed E-state index contributed by atoms with van der Waals surface area (Å²) in [5, 5.41) is 8.77. The normalized spacial score (nSPS) is 10.4. The molecule has 20 heavy (non-hydrogen) atoms. The van der Waals surface area contributed by atoms with E-state index in [2.05, 4.69) is 0 Å². The fourth-order valence-corrected chi connectivity index (χ4v) is 1.54. The maximum Gasteiger partial charge on any atom is 0.336 e. The van der Waals surface area contributed by atoms with Crippen LogP contribution in [0, 0.1) is 0 Å². The van der Waals surface area contributed by atoms with Gasteiger partial charge in [-0.1, -0.05) is 30.3 Å². The molecule has 1 N–H and O–H groups in total. The Morgan fingerprint density at radius 1 is 0.950 bits per heavy atom. The number of esters is 1. The minimum atomic E-state index is -0.982. The van der Waals surface area contributed by atoms with Crippen LogP contribution in [0.4, 0.5) is 0 Å². The fraction of sp³-hybridized carbons (Fsp3) is 0. The molecule has 4 heteroatoms. The molecule has 0 unspecified atom stereocenters. The molecule has 0 aliphatic heterocycles. The summed E-state index contributed by atoms with van der Waals surface area (Å²) < 4.78 is 5.08. The van der Waals surface area contributed by atoms with Crippen molar-refractivity contribution in [3.8, 4) is 5.75 Å². The quantitative estimate of drug-likeness (QED) is 0.526. The third kappa shape index (κ3) is 3.81. The summed E-state index contributed by atoms with van der Waals surface area (Å²) in [7, 11) is 0. The first kappa shape index (κ1) is 13.5. The van der Waals surface area contributed by atoms with Crippen LogP contribution >= 0.6 is 0 Å². The number of carbonyl (C=O) groups excluding carboxylic acids is 1. The molecule has 0 radical (unpaired) electrons. The third-order valence-electron chi connectivity index (χ3n) is 2.53. The van der Waals surface area contributed by atoms with E-state index < -0.39 is 11.9 Å². The third-order valence-corrected chi connectivity index (χ3v) is 2.53. The van der Waals surface area contributed by atoms with E-state index in [-0.39, 0.29) is 5.56 Å². The van der Waals surface area contributed by atoms with Crippen LogP contribution in [0.25, 0.3) is 6.08 Å². The summed E-state index contributed by atoms with van der Waals surface area (Å²) in [5.74, 6) is -0.995. The van der Waals surface area contributed by atoms with Gasteiger partial charge < -0.3 is 9.84 Å². The highest BCUT2D eigenvalue weighted by atomic mass is 16.5. The van der Waals surface area contributed by atoms with E-state index in [4.69, 9.17) is 9.84 Å². The summed E-state index contributed by atoms with van der Waals surface area (Å²) in [4.78, 5) is 22.2. The highest BCUT2D eigenvalue weighted by Gasteiger charge is 2.01. The molecule has 100 valence electrons. The number of ether oxygens (including phenoxy) is 1. The monoisotopic (exact) mass is 268 g/mol. The van der Waals surface area contributed by atoms with Crippen LogP contribution in [0.15, 0.2) is 60.7 Å². The van der Waals surface area contributed by atoms with Crippen LogP contribution in [-0.4, -0.2) is 17.0 Å². The number of rotatable bonds is 4. The lowest BCUT2D eigenvalue weighted by Gasteiger charge is -2.00. The van der Waals surface area contributed by atoms with E-state index >= 15 is 0 Å². The lowest BCUT2D eigenvalue weighted by atomic mass is 10.1. The second-order valence-electron chi connectivity index (χ2n) is 3.99. The molecule has 0 heterocycles. The van der Waals surface area contributed by atoms with Crippen molar-refractivity contribution < 1.29 is 19.4 Å². The van der Waals surface area contributed by atoms with Crippen LogP contribution in [-0.2, 0) is 4.79 Å². The first-order valence-electron chi connectivity index (χ1n) is 5.93. The topological polar surface area (TPSA) is 63.6 Å². The fourth-order valence-electron chi connectivity index (χ4n) is 1.54. The van der Waals surface area contributed by atoms with Gasteiger partial charge in [-0.25, -0.2) is 9.59 Å². The van der Waals surface area contributed by atoms with Crippen LogP contribution in [0.2, 0.25) is 0 Å². The molecule has 0 spiro atoms. The van der Waals surface area contributed by atoms with Gasteiger partial charge in [0.1, 0.15) is 5.75 Å². The molecule has 0 fully saturated rings. The summed E-state index contributed by atoms with van der Waals surface area (Å²) in [5.41, 5.74) is 0.925. The zero-order chi connectivity index (χ0) is 14.4. The van der Waals surface area contributed by atoms with Crippen LogP contribution in [0.5, 0.6) is 5.75 Å². The van der Waals surface area contributed by atoms with Gasteiger partial charge in [0.05, 0.1) is 5.56 Å². The molecule has 0 amide bonds. The number of benzene rings is 2. The van der Waals surface area contributed by atoms with Crippen molar-refractivity contribution in [3.63, 3.8) is 0 Å². The molecule has 0 aromatic heterocycles. The van der Waals surface area contributed by atoms with Crippen molar-refractivity contribution in [1.29, 1.82) is 0 Å². The number of hydrogen-bond acceptors (Lipinski definition) is 3. The van der Waals surface area contributed by atoms with Gasteiger partial charge in [0.2, 0.25) is 0 Å². The zero-order valence-corrected chi connectivity index (χ0v) is 10.5. The van der Waals surface area contributed by atoms with E-state index in [1.165, 1.54) is 18.2 Å². The first-order valence-corrected chi connectivity index (χ1v) is 5.93. The van der Waals surface area contributed by atoms with Gasteiger partial charge in [-0.05, 0) is 35.9 Å². The van der Waals surface area contributed by atoms with Gasteiger partial charge in [0.15, 0.2) is 0 Å². The Balaban J connectivity index is 1.98. The lowest BCUT2D eigenvalue weighted by Crippen LogP contribution is -2.03. The SMILES string of the molecule is O=C(C=Cc1ccc(C(=O)O)cc1)Oc1ccccc1. The van der Waals surface area contributed by atoms with Crippen LogP contribution < -0.4 is 4.74 Å². The first-order chi connectivity index (χ1) is 9.65. The predicted octanol–water partition coefficient (Wildman–Crippen LogP) is 3.00. The molecule has 0 bridgehead atoms. The Bertz CT molecular complexity index is 627. The van der Waals surface area contributed by atoms with Crippen molar-refractivity contribution >= 4 is 18.0 Å². The predicted molar refractivity (Wildman–Crippen MR) is 74.5 cm³/mol. The van der Waals surface area contributed by atoms with Gasteiger partial charge in [0, 0.05) is 6.08 Å². The zero-order valence-electron chi connectivity index (χ0n) is 10.5. The summed E-state index contributed by atoms with van der Waals surface area (Å²) in [6.07, 6.45) is 2.86. The number of para-hydroxylation sites is 1. The Morgan fingerprint density at radius 2 is 1.60 bits per heavy atom. The van der Waals surface area contributed by atoms with Crippen molar-refractivity contribution in [2.24, 2.45) is 0 Å². The molecular weight excluding hydrogens is 256 g/mol. The molecule has 0 aliphatic carbocycles. The Kier molecular flexibility index (Phi) is 4.29. The second-order valence-corrected chi connectivity index (χ2v) is 3.99. The van der Waals surface area contributed by atoms with Gasteiger partial charge in [0.25, 0.3) is 0 Å². The van der Waals surface area contributed by atoms with Crippen LogP contribution in [0.3, 0.4) is 0 Å². The summed E-state index contributed by atoms with van der Waals surface area (Å²) in [6, 6.07) is 15.0. The van der Waals surface area contributed by atoms with Gasteiger partial charge in [-0.15, -0.1) is 0 Å². The molecule has 0 saturated heterocycles. The molecule has 2 aromatic rings. The highest BCUT2D eigenvalue weighted by Crippen LogP contribution is 2.10. The number of carboxylic acid groups (broad SMARTS) is 1. The molecular formula is C16H12O4. The largest absolute Gasteiger partial charge is 0.478 e. The highest BCUT2D eigenvalue weighted by molar-refractivity contribution is 5.90.